The maximum Gasteiger partial charge on any atom is 0.416 e. The van der Waals surface area contributed by atoms with Gasteiger partial charge in [-0.3, -0.25) is 9.59 Å². The number of halogens is 3. The van der Waals surface area contributed by atoms with Gasteiger partial charge in [-0.05, 0) is 54.4 Å². The topological polar surface area (TPSA) is 70.2 Å². The second-order valence-corrected chi connectivity index (χ2v) is 7.09. The van der Waals surface area contributed by atoms with Gasteiger partial charge in [0.15, 0.2) is 0 Å². The smallest absolute Gasteiger partial charge is 0.376 e. The zero-order chi connectivity index (χ0) is 23.0. The lowest BCUT2D eigenvalue weighted by molar-refractivity contribution is -0.137. The molecule has 0 spiro atoms. The predicted molar refractivity (Wildman–Crippen MR) is 118 cm³/mol. The second kappa shape index (κ2) is 10.5. The summed E-state index contributed by atoms with van der Waals surface area (Å²) in [7, 11) is 0. The summed E-state index contributed by atoms with van der Waals surface area (Å²) in [6.45, 7) is -0.195. The normalized spacial score (nSPS) is 11.0. The molecule has 3 aromatic rings. The molecule has 0 unspecified atom stereocenters. The third kappa shape index (κ3) is 7.16. The highest BCUT2D eigenvalue weighted by Crippen LogP contribution is 2.30. The minimum atomic E-state index is -4.45. The van der Waals surface area contributed by atoms with Crippen LogP contribution in [0, 0.1) is 0 Å². The summed E-state index contributed by atoms with van der Waals surface area (Å²) >= 11 is 0. The number of rotatable bonds is 8. The van der Waals surface area contributed by atoms with Crippen molar-refractivity contribution in [2.24, 2.45) is 0 Å². The predicted octanol–water partition coefficient (Wildman–Crippen LogP) is 5.33. The molecule has 0 aliphatic rings. The maximum absolute atomic E-state index is 12.8. The highest BCUT2D eigenvalue weighted by Gasteiger charge is 2.30. The first-order chi connectivity index (χ1) is 15.3. The van der Waals surface area contributed by atoms with Crippen LogP contribution in [0.2, 0.25) is 0 Å². The van der Waals surface area contributed by atoms with E-state index >= 15 is 0 Å². The third-order valence-corrected chi connectivity index (χ3v) is 4.58. The molecule has 0 fully saturated rings. The Labute approximate surface area is 183 Å². The number of carbonyl (C=O) groups excluding carboxylic acids is 2. The zero-order valence-corrected chi connectivity index (χ0v) is 17.1. The van der Waals surface area contributed by atoms with Crippen molar-refractivity contribution in [3.63, 3.8) is 0 Å². The minimum Gasteiger partial charge on any atom is -0.376 e. The number of amides is 2. The summed E-state index contributed by atoms with van der Waals surface area (Å²) in [5, 5.41) is 8.12. The fourth-order valence-electron chi connectivity index (χ4n) is 2.96. The lowest BCUT2D eigenvalue weighted by atomic mass is 10.1. The van der Waals surface area contributed by atoms with E-state index in [1.807, 2.05) is 30.3 Å². The van der Waals surface area contributed by atoms with E-state index in [4.69, 9.17) is 0 Å². The van der Waals surface area contributed by atoms with Gasteiger partial charge in [-0.15, -0.1) is 0 Å². The van der Waals surface area contributed by atoms with Crippen molar-refractivity contribution in [2.45, 2.75) is 19.0 Å². The molecular formula is C24H22F3N3O2. The van der Waals surface area contributed by atoms with Crippen molar-refractivity contribution in [1.29, 1.82) is 0 Å². The molecule has 0 saturated heterocycles. The molecule has 0 atom stereocenters. The molecule has 3 rings (SSSR count). The first kappa shape index (κ1) is 22.9. The number of benzene rings is 3. The average Bonchev–Trinajstić information content (AvgIpc) is 2.78. The van der Waals surface area contributed by atoms with Crippen LogP contribution >= 0.6 is 0 Å². The molecule has 0 bridgehead atoms. The number of nitrogens with one attached hydrogen (secondary N) is 3. The number of aryl methyl sites for hydroxylation is 1. The molecule has 0 aliphatic carbocycles. The van der Waals surface area contributed by atoms with Crippen molar-refractivity contribution < 1.29 is 22.8 Å². The Morgan fingerprint density at radius 3 is 1.97 bits per heavy atom. The molecular weight excluding hydrogens is 419 g/mol. The van der Waals surface area contributed by atoms with E-state index < -0.39 is 17.6 Å². The quantitative estimate of drug-likeness (QED) is 0.443. The van der Waals surface area contributed by atoms with Gasteiger partial charge < -0.3 is 16.0 Å². The highest BCUT2D eigenvalue weighted by molar-refractivity contribution is 5.94. The van der Waals surface area contributed by atoms with Crippen LogP contribution in [0.4, 0.5) is 30.2 Å². The Hall–Kier alpha value is -3.81. The van der Waals surface area contributed by atoms with Crippen LogP contribution in [0.5, 0.6) is 0 Å². The van der Waals surface area contributed by atoms with Gasteiger partial charge in [0.25, 0.3) is 0 Å². The Bertz CT molecular complexity index is 1050. The molecule has 8 heteroatoms. The van der Waals surface area contributed by atoms with E-state index in [9.17, 15) is 22.8 Å². The van der Waals surface area contributed by atoms with Gasteiger partial charge >= 0.3 is 6.18 Å². The van der Waals surface area contributed by atoms with Gasteiger partial charge in [-0.1, -0.05) is 36.4 Å². The fraction of sp³-hybridized carbons (Fsp3) is 0.167. The molecule has 5 nitrogen and oxygen atoms in total. The van der Waals surface area contributed by atoms with Crippen molar-refractivity contribution in [3.05, 3.63) is 90.0 Å². The summed E-state index contributed by atoms with van der Waals surface area (Å²) in [5.74, 6) is -0.530. The first-order valence-electron chi connectivity index (χ1n) is 9.94. The van der Waals surface area contributed by atoms with Crippen LogP contribution in [-0.4, -0.2) is 18.4 Å². The van der Waals surface area contributed by atoms with Gasteiger partial charge in [0.1, 0.15) is 0 Å². The van der Waals surface area contributed by atoms with Crippen LogP contribution in [-0.2, 0) is 22.2 Å². The standard InChI is InChI=1S/C24H22F3N3O2/c25-24(26,27)18-7-4-8-21(15-18)28-16-23(32)30-20-12-10-19(11-13-20)29-22(31)14-9-17-5-2-1-3-6-17/h1-8,10-13,15,28H,9,14,16H2,(H,29,31)(H,30,32). The summed E-state index contributed by atoms with van der Waals surface area (Å²) in [6, 6.07) is 20.9. The van der Waals surface area contributed by atoms with Crippen LogP contribution < -0.4 is 16.0 Å². The van der Waals surface area contributed by atoms with Gasteiger partial charge in [0.2, 0.25) is 11.8 Å². The molecule has 0 aromatic heterocycles. The summed E-state index contributed by atoms with van der Waals surface area (Å²) in [4.78, 5) is 24.2. The van der Waals surface area contributed by atoms with E-state index in [2.05, 4.69) is 16.0 Å². The molecule has 32 heavy (non-hydrogen) atoms. The Morgan fingerprint density at radius 2 is 1.34 bits per heavy atom. The van der Waals surface area contributed by atoms with Crippen LogP contribution in [0.25, 0.3) is 0 Å². The Balaban J connectivity index is 1.44. The maximum atomic E-state index is 12.8. The van der Waals surface area contributed by atoms with Crippen LogP contribution in [0.1, 0.15) is 17.5 Å². The molecule has 0 radical (unpaired) electrons. The second-order valence-electron chi connectivity index (χ2n) is 7.09. The van der Waals surface area contributed by atoms with Crippen molar-refractivity contribution in [2.75, 3.05) is 22.5 Å². The van der Waals surface area contributed by atoms with Gasteiger partial charge in [-0.2, -0.15) is 13.2 Å². The van der Waals surface area contributed by atoms with Crippen LogP contribution in [0.15, 0.2) is 78.9 Å². The number of hydrogen-bond donors (Lipinski definition) is 3. The first-order valence-corrected chi connectivity index (χ1v) is 9.94. The number of carbonyl (C=O) groups is 2. The summed E-state index contributed by atoms with van der Waals surface area (Å²) in [5.41, 5.74) is 1.60. The third-order valence-electron chi connectivity index (χ3n) is 4.58. The Kier molecular flexibility index (Phi) is 7.49. The fourth-order valence-corrected chi connectivity index (χ4v) is 2.96. The van der Waals surface area contributed by atoms with Crippen molar-refractivity contribution in [1.82, 2.24) is 0 Å². The van der Waals surface area contributed by atoms with Gasteiger partial charge in [0, 0.05) is 23.5 Å². The number of anilines is 3. The molecule has 2 amide bonds. The number of hydrogen-bond acceptors (Lipinski definition) is 3. The summed E-state index contributed by atoms with van der Waals surface area (Å²) in [6.07, 6.45) is -3.46. The van der Waals surface area contributed by atoms with E-state index in [1.54, 1.807) is 24.3 Å². The minimum absolute atomic E-state index is 0.115. The zero-order valence-electron chi connectivity index (χ0n) is 17.1. The molecule has 0 aliphatic heterocycles. The van der Waals surface area contributed by atoms with E-state index in [1.165, 1.54) is 12.1 Å². The van der Waals surface area contributed by atoms with E-state index in [0.717, 1.165) is 17.7 Å². The van der Waals surface area contributed by atoms with E-state index in [0.29, 0.717) is 24.2 Å². The van der Waals surface area contributed by atoms with Crippen LogP contribution in [0.3, 0.4) is 0 Å². The van der Waals surface area contributed by atoms with Gasteiger partial charge in [0.05, 0.1) is 12.1 Å². The molecule has 3 aromatic carbocycles. The summed E-state index contributed by atoms with van der Waals surface area (Å²) < 4.78 is 38.3. The monoisotopic (exact) mass is 441 g/mol. The largest absolute Gasteiger partial charge is 0.416 e. The highest BCUT2D eigenvalue weighted by atomic mass is 19.4. The number of alkyl halides is 3. The molecule has 0 saturated carbocycles. The average molecular weight is 441 g/mol. The van der Waals surface area contributed by atoms with E-state index in [-0.39, 0.29) is 18.1 Å². The van der Waals surface area contributed by atoms with Crippen molar-refractivity contribution >= 4 is 28.9 Å². The lowest BCUT2D eigenvalue weighted by Crippen LogP contribution is -2.22. The SMILES string of the molecule is O=C(CCc1ccccc1)Nc1ccc(NC(=O)CNc2cccc(C(F)(F)F)c2)cc1. The Morgan fingerprint density at radius 1 is 0.719 bits per heavy atom. The molecule has 166 valence electrons. The van der Waals surface area contributed by atoms with Gasteiger partial charge in [-0.25, -0.2) is 0 Å². The molecule has 3 N–H and O–H groups in total. The molecule has 0 heterocycles. The lowest BCUT2D eigenvalue weighted by Gasteiger charge is -2.11. The van der Waals surface area contributed by atoms with Crippen molar-refractivity contribution in [3.8, 4) is 0 Å².